The summed E-state index contributed by atoms with van der Waals surface area (Å²) in [4.78, 5) is 2.56. The number of hydrogen-bond donors (Lipinski definition) is 1. The maximum atomic E-state index is 6.35. The molecule has 16 heavy (non-hydrogen) atoms. The van der Waals surface area contributed by atoms with Crippen molar-refractivity contribution in [3.05, 3.63) is 0 Å². The van der Waals surface area contributed by atoms with Gasteiger partial charge in [-0.3, -0.25) is 4.90 Å². The van der Waals surface area contributed by atoms with Crippen LogP contribution in [0.3, 0.4) is 0 Å². The molecule has 0 amide bonds. The van der Waals surface area contributed by atoms with Crippen molar-refractivity contribution in [2.24, 2.45) is 0 Å². The first-order valence-corrected chi connectivity index (χ1v) is 6.97. The van der Waals surface area contributed by atoms with Crippen molar-refractivity contribution in [1.29, 1.82) is 0 Å². The van der Waals surface area contributed by atoms with Crippen LogP contribution in [0.5, 0.6) is 0 Å². The lowest BCUT2D eigenvalue weighted by Gasteiger charge is -2.30. The molecule has 3 rings (SSSR count). The van der Waals surface area contributed by atoms with Gasteiger partial charge in [0.15, 0.2) is 0 Å². The molecule has 0 aromatic carbocycles. The van der Waals surface area contributed by atoms with E-state index in [0.29, 0.717) is 11.7 Å². The maximum Gasteiger partial charge on any atom is 0.0710 e. The van der Waals surface area contributed by atoms with Crippen LogP contribution in [-0.4, -0.2) is 49.3 Å². The van der Waals surface area contributed by atoms with Gasteiger partial charge >= 0.3 is 0 Å². The van der Waals surface area contributed by atoms with E-state index in [1.54, 1.807) is 0 Å². The zero-order chi connectivity index (χ0) is 10.8. The minimum Gasteiger partial charge on any atom is -0.370 e. The molecule has 1 atom stereocenters. The third kappa shape index (κ3) is 2.27. The highest BCUT2D eigenvalue weighted by Crippen LogP contribution is 2.43. The minimum absolute atomic E-state index is 0.318. The summed E-state index contributed by atoms with van der Waals surface area (Å²) >= 11 is 0. The second kappa shape index (κ2) is 4.63. The predicted octanol–water partition coefficient (Wildman–Crippen LogP) is 1.38. The summed E-state index contributed by atoms with van der Waals surface area (Å²) in [7, 11) is 0. The number of ether oxygens (including phenoxy) is 1. The van der Waals surface area contributed by atoms with Crippen LogP contribution in [0, 0.1) is 0 Å². The highest BCUT2D eigenvalue weighted by Gasteiger charge is 2.42. The van der Waals surface area contributed by atoms with Crippen LogP contribution in [0.15, 0.2) is 0 Å². The van der Waals surface area contributed by atoms with Crippen LogP contribution in [0.25, 0.3) is 0 Å². The molecule has 3 fully saturated rings. The summed E-state index contributed by atoms with van der Waals surface area (Å²) in [6, 6.07) is 0. The summed E-state index contributed by atoms with van der Waals surface area (Å²) in [6.07, 6.45) is 8.57. The van der Waals surface area contributed by atoms with E-state index in [4.69, 9.17) is 4.74 Å². The number of rotatable bonds is 2. The Bertz CT molecular complexity index is 232. The first-order valence-electron chi connectivity index (χ1n) is 6.97. The molecular weight excluding hydrogens is 200 g/mol. The molecule has 0 radical (unpaired) electrons. The van der Waals surface area contributed by atoms with Crippen molar-refractivity contribution in [3.8, 4) is 0 Å². The van der Waals surface area contributed by atoms with Crippen molar-refractivity contribution in [2.75, 3.05) is 32.7 Å². The lowest BCUT2D eigenvalue weighted by atomic mass is 9.98. The lowest BCUT2D eigenvalue weighted by molar-refractivity contribution is -0.0480. The Kier molecular flexibility index (Phi) is 3.18. The van der Waals surface area contributed by atoms with E-state index in [2.05, 4.69) is 10.2 Å². The molecule has 3 heteroatoms. The number of nitrogens with zero attached hydrogens (tertiary/aromatic N) is 1. The van der Waals surface area contributed by atoms with Gasteiger partial charge in [-0.05, 0) is 25.7 Å². The van der Waals surface area contributed by atoms with E-state index < -0.39 is 0 Å². The molecule has 0 aromatic rings. The Morgan fingerprint density at radius 3 is 2.62 bits per heavy atom. The van der Waals surface area contributed by atoms with Crippen molar-refractivity contribution < 1.29 is 4.74 Å². The van der Waals surface area contributed by atoms with Crippen molar-refractivity contribution in [3.63, 3.8) is 0 Å². The fraction of sp³-hybridized carbons (Fsp3) is 1.00. The third-order valence-corrected chi connectivity index (χ3v) is 4.52. The van der Waals surface area contributed by atoms with E-state index in [9.17, 15) is 0 Å². The molecule has 1 N–H and O–H groups in total. The quantitative estimate of drug-likeness (QED) is 0.767. The Hall–Kier alpha value is -0.120. The molecule has 0 bridgehead atoms. The first kappa shape index (κ1) is 11.0. The standard InChI is InChI=1S/C13H24N2O/c1-2-5-13(4-1)6-3-12(16-13)11-15-9-7-14-8-10-15/h12,14H,1-11H2. The number of hydrogen-bond acceptors (Lipinski definition) is 3. The van der Waals surface area contributed by atoms with Crippen molar-refractivity contribution in [2.45, 2.75) is 50.2 Å². The van der Waals surface area contributed by atoms with Gasteiger partial charge in [0.1, 0.15) is 0 Å². The maximum absolute atomic E-state index is 6.35. The summed E-state index contributed by atoms with van der Waals surface area (Å²) < 4.78 is 6.35. The summed E-state index contributed by atoms with van der Waals surface area (Å²) in [6.45, 7) is 5.87. The highest BCUT2D eigenvalue weighted by atomic mass is 16.5. The molecule has 2 saturated heterocycles. The van der Waals surface area contributed by atoms with Crippen LogP contribution in [0.4, 0.5) is 0 Å². The van der Waals surface area contributed by atoms with Gasteiger partial charge in [-0.15, -0.1) is 0 Å². The molecule has 1 aliphatic carbocycles. The lowest BCUT2D eigenvalue weighted by Crippen LogP contribution is -2.46. The topological polar surface area (TPSA) is 24.5 Å². The SMILES string of the molecule is C1CCC2(C1)CCC(CN1CCNCC1)O2. The van der Waals surface area contributed by atoms with Gasteiger partial charge in [0.2, 0.25) is 0 Å². The smallest absolute Gasteiger partial charge is 0.0710 e. The molecule has 0 aromatic heterocycles. The van der Waals surface area contributed by atoms with Gasteiger partial charge in [0.05, 0.1) is 11.7 Å². The average molecular weight is 224 g/mol. The highest BCUT2D eigenvalue weighted by molar-refractivity contribution is 4.93. The van der Waals surface area contributed by atoms with Crippen molar-refractivity contribution in [1.82, 2.24) is 10.2 Å². The zero-order valence-corrected chi connectivity index (χ0v) is 10.2. The van der Waals surface area contributed by atoms with Gasteiger partial charge in [0, 0.05) is 32.7 Å². The van der Waals surface area contributed by atoms with E-state index in [1.165, 1.54) is 58.2 Å². The Balaban J connectivity index is 1.49. The molecule has 2 heterocycles. The second-order valence-corrected chi connectivity index (χ2v) is 5.72. The van der Waals surface area contributed by atoms with Crippen LogP contribution >= 0.6 is 0 Å². The molecule has 3 nitrogen and oxygen atoms in total. The van der Waals surface area contributed by atoms with Gasteiger partial charge in [0.25, 0.3) is 0 Å². The third-order valence-electron chi connectivity index (χ3n) is 4.52. The largest absolute Gasteiger partial charge is 0.370 e. The van der Waals surface area contributed by atoms with Gasteiger partial charge in [-0.2, -0.15) is 0 Å². The molecule has 1 unspecified atom stereocenters. The molecule has 2 aliphatic heterocycles. The van der Waals surface area contributed by atoms with Crippen LogP contribution in [-0.2, 0) is 4.74 Å². The fourth-order valence-corrected chi connectivity index (χ4v) is 3.59. The van der Waals surface area contributed by atoms with Crippen LogP contribution < -0.4 is 5.32 Å². The van der Waals surface area contributed by atoms with Gasteiger partial charge in [-0.1, -0.05) is 12.8 Å². The molecule has 3 aliphatic rings. The Morgan fingerprint density at radius 1 is 1.12 bits per heavy atom. The normalized spacial score (nSPS) is 34.9. The summed E-state index contributed by atoms with van der Waals surface area (Å²) in [5.41, 5.74) is 0.318. The van der Waals surface area contributed by atoms with E-state index in [-0.39, 0.29) is 0 Å². The van der Waals surface area contributed by atoms with Gasteiger partial charge in [-0.25, -0.2) is 0 Å². The molecule has 1 saturated carbocycles. The fourth-order valence-electron chi connectivity index (χ4n) is 3.59. The van der Waals surface area contributed by atoms with E-state index in [1.807, 2.05) is 0 Å². The Labute approximate surface area is 98.5 Å². The van der Waals surface area contributed by atoms with Crippen molar-refractivity contribution >= 4 is 0 Å². The second-order valence-electron chi connectivity index (χ2n) is 5.72. The van der Waals surface area contributed by atoms with E-state index in [0.717, 1.165) is 13.1 Å². The molecule has 92 valence electrons. The molecule has 1 spiro atoms. The zero-order valence-electron chi connectivity index (χ0n) is 10.2. The number of nitrogens with one attached hydrogen (secondary N) is 1. The van der Waals surface area contributed by atoms with Crippen LogP contribution in [0.1, 0.15) is 38.5 Å². The average Bonchev–Trinajstić information content (AvgIpc) is 2.92. The first-order chi connectivity index (χ1) is 7.86. The summed E-state index contributed by atoms with van der Waals surface area (Å²) in [5.74, 6) is 0. The summed E-state index contributed by atoms with van der Waals surface area (Å²) in [5, 5.41) is 3.41. The number of piperazine rings is 1. The predicted molar refractivity (Wildman–Crippen MR) is 64.6 cm³/mol. The van der Waals surface area contributed by atoms with Crippen LogP contribution in [0.2, 0.25) is 0 Å². The van der Waals surface area contributed by atoms with Gasteiger partial charge < -0.3 is 10.1 Å². The Morgan fingerprint density at radius 2 is 1.88 bits per heavy atom. The molecular formula is C13H24N2O. The van der Waals surface area contributed by atoms with E-state index >= 15 is 0 Å². The minimum atomic E-state index is 0.318. The monoisotopic (exact) mass is 224 g/mol.